The fourth-order valence-corrected chi connectivity index (χ4v) is 1.82. The van der Waals surface area contributed by atoms with Gasteiger partial charge in [0.25, 0.3) is 0 Å². The van der Waals surface area contributed by atoms with Crippen LogP contribution in [0.4, 0.5) is 13.2 Å². The van der Waals surface area contributed by atoms with Crippen LogP contribution in [0.3, 0.4) is 0 Å². The van der Waals surface area contributed by atoms with Crippen LogP contribution >= 0.6 is 0 Å². The summed E-state index contributed by atoms with van der Waals surface area (Å²) < 4.78 is 38.8. The highest BCUT2D eigenvalue weighted by atomic mass is 19.4. The lowest BCUT2D eigenvalue weighted by Crippen LogP contribution is -2.08. The van der Waals surface area contributed by atoms with E-state index in [2.05, 4.69) is 0 Å². The van der Waals surface area contributed by atoms with Crippen LogP contribution in [-0.4, -0.2) is 0 Å². The van der Waals surface area contributed by atoms with Crippen molar-refractivity contribution in [2.45, 2.75) is 12.7 Å². The summed E-state index contributed by atoms with van der Waals surface area (Å²) in [6.07, 6.45) is -4.36. The highest BCUT2D eigenvalue weighted by Gasteiger charge is 2.33. The maximum Gasteiger partial charge on any atom is 0.417 e. The third kappa shape index (κ3) is 2.54. The lowest BCUT2D eigenvalue weighted by molar-refractivity contribution is -0.137. The van der Waals surface area contributed by atoms with Crippen molar-refractivity contribution in [3.05, 3.63) is 59.7 Å². The van der Waals surface area contributed by atoms with Crippen LogP contribution in [0, 0.1) is 0 Å². The van der Waals surface area contributed by atoms with Crippen molar-refractivity contribution in [2.75, 3.05) is 0 Å². The zero-order chi connectivity index (χ0) is 13.2. The maximum absolute atomic E-state index is 12.9. The van der Waals surface area contributed by atoms with E-state index in [1.165, 1.54) is 12.1 Å². The summed E-state index contributed by atoms with van der Waals surface area (Å²) in [6, 6.07) is 12.5. The van der Waals surface area contributed by atoms with Gasteiger partial charge >= 0.3 is 6.18 Å². The van der Waals surface area contributed by atoms with Crippen LogP contribution in [0.2, 0.25) is 0 Å². The lowest BCUT2D eigenvalue weighted by atomic mass is 9.97. The molecular weight excluding hydrogens is 239 g/mol. The minimum absolute atomic E-state index is 0.172. The Kier molecular flexibility index (Phi) is 3.39. The van der Waals surface area contributed by atoms with Gasteiger partial charge in [-0.1, -0.05) is 36.4 Å². The van der Waals surface area contributed by atoms with Crippen molar-refractivity contribution in [3.63, 3.8) is 0 Å². The second kappa shape index (κ2) is 4.82. The Morgan fingerprint density at radius 2 is 1.61 bits per heavy atom. The van der Waals surface area contributed by atoms with Crippen LogP contribution in [0.1, 0.15) is 11.1 Å². The van der Waals surface area contributed by atoms with Gasteiger partial charge in [0.2, 0.25) is 0 Å². The van der Waals surface area contributed by atoms with Crippen molar-refractivity contribution >= 4 is 0 Å². The van der Waals surface area contributed by atoms with Gasteiger partial charge in [0, 0.05) is 6.54 Å². The summed E-state index contributed by atoms with van der Waals surface area (Å²) >= 11 is 0. The molecule has 2 rings (SSSR count). The molecule has 0 bridgehead atoms. The molecule has 4 heteroatoms. The molecule has 0 aliphatic rings. The van der Waals surface area contributed by atoms with E-state index in [4.69, 9.17) is 5.73 Å². The molecule has 2 N–H and O–H groups in total. The largest absolute Gasteiger partial charge is 0.417 e. The summed E-state index contributed by atoms with van der Waals surface area (Å²) in [4.78, 5) is 0. The molecule has 1 nitrogen and oxygen atoms in total. The fourth-order valence-electron chi connectivity index (χ4n) is 1.82. The first kappa shape index (κ1) is 12.6. The van der Waals surface area contributed by atoms with Gasteiger partial charge in [0.05, 0.1) is 5.56 Å². The van der Waals surface area contributed by atoms with Crippen molar-refractivity contribution in [3.8, 4) is 11.1 Å². The van der Waals surface area contributed by atoms with Crippen LogP contribution in [0.5, 0.6) is 0 Å². The smallest absolute Gasteiger partial charge is 0.326 e. The summed E-state index contributed by atoms with van der Waals surface area (Å²) in [5.74, 6) is 0. The van der Waals surface area contributed by atoms with E-state index in [1.54, 1.807) is 30.3 Å². The second-order valence-electron chi connectivity index (χ2n) is 3.95. The minimum Gasteiger partial charge on any atom is -0.326 e. The molecule has 0 amide bonds. The zero-order valence-electron chi connectivity index (χ0n) is 9.54. The van der Waals surface area contributed by atoms with E-state index in [0.717, 1.165) is 6.07 Å². The van der Waals surface area contributed by atoms with E-state index in [-0.39, 0.29) is 12.1 Å². The first-order valence-corrected chi connectivity index (χ1v) is 5.48. The summed E-state index contributed by atoms with van der Waals surface area (Å²) in [7, 11) is 0. The predicted molar refractivity (Wildman–Crippen MR) is 64.8 cm³/mol. The SMILES string of the molecule is NCc1ccc(C(F)(F)F)c(-c2ccccc2)c1. The average molecular weight is 251 g/mol. The molecule has 0 heterocycles. The van der Waals surface area contributed by atoms with E-state index in [1.807, 2.05) is 0 Å². The maximum atomic E-state index is 12.9. The second-order valence-corrected chi connectivity index (χ2v) is 3.95. The van der Waals surface area contributed by atoms with Crippen molar-refractivity contribution in [2.24, 2.45) is 5.73 Å². The summed E-state index contributed by atoms with van der Waals surface area (Å²) in [5.41, 5.74) is 6.24. The Balaban J connectivity index is 2.62. The molecule has 0 unspecified atom stereocenters. The Morgan fingerprint density at radius 1 is 0.944 bits per heavy atom. The van der Waals surface area contributed by atoms with E-state index >= 15 is 0 Å². The van der Waals surface area contributed by atoms with Crippen molar-refractivity contribution in [1.82, 2.24) is 0 Å². The first-order valence-electron chi connectivity index (χ1n) is 5.48. The minimum atomic E-state index is -4.36. The first-order chi connectivity index (χ1) is 8.52. The number of nitrogens with two attached hydrogens (primary N) is 1. The molecule has 0 aliphatic carbocycles. The van der Waals surface area contributed by atoms with Gasteiger partial charge in [0.1, 0.15) is 0 Å². The monoisotopic (exact) mass is 251 g/mol. The van der Waals surface area contributed by atoms with Gasteiger partial charge in [-0.15, -0.1) is 0 Å². The third-order valence-corrected chi connectivity index (χ3v) is 2.71. The number of alkyl halides is 3. The van der Waals surface area contributed by atoms with Crippen LogP contribution < -0.4 is 5.73 Å². The Hall–Kier alpha value is -1.81. The summed E-state index contributed by atoms with van der Waals surface area (Å²) in [6.45, 7) is 0.220. The van der Waals surface area contributed by atoms with Gasteiger partial charge in [-0.3, -0.25) is 0 Å². The number of benzene rings is 2. The van der Waals surface area contributed by atoms with E-state index in [9.17, 15) is 13.2 Å². The van der Waals surface area contributed by atoms with Crippen LogP contribution in [0.15, 0.2) is 48.5 Å². The normalized spacial score (nSPS) is 11.6. The van der Waals surface area contributed by atoms with Crippen molar-refractivity contribution < 1.29 is 13.2 Å². The van der Waals surface area contributed by atoms with Gasteiger partial charge < -0.3 is 5.73 Å². The Morgan fingerprint density at radius 3 is 2.17 bits per heavy atom. The average Bonchev–Trinajstić information content (AvgIpc) is 2.38. The van der Waals surface area contributed by atoms with Crippen LogP contribution in [-0.2, 0) is 12.7 Å². The molecule has 2 aromatic carbocycles. The standard InChI is InChI=1S/C14H12F3N/c15-14(16,17)13-7-6-10(9-18)8-12(13)11-4-2-1-3-5-11/h1-8H,9,18H2. The molecule has 0 aromatic heterocycles. The molecule has 0 saturated carbocycles. The molecule has 0 saturated heterocycles. The van der Waals surface area contributed by atoms with Gasteiger partial charge in [-0.2, -0.15) is 13.2 Å². The molecule has 2 aromatic rings. The van der Waals surface area contributed by atoms with Gasteiger partial charge in [-0.25, -0.2) is 0 Å². The lowest BCUT2D eigenvalue weighted by Gasteiger charge is -2.14. The topological polar surface area (TPSA) is 26.0 Å². The molecule has 0 radical (unpaired) electrons. The molecule has 0 spiro atoms. The van der Waals surface area contributed by atoms with E-state index < -0.39 is 11.7 Å². The number of hydrogen-bond donors (Lipinski definition) is 1. The highest BCUT2D eigenvalue weighted by molar-refractivity contribution is 5.68. The predicted octanol–water partition coefficient (Wildman–Crippen LogP) is 3.83. The number of halogens is 3. The third-order valence-electron chi connectivity index (χ3n) is 2.71. The molecule has 18 heavy (non-hydrogen) atoms. The number of hydrogen-bond acceptors (Lipinski definition) is 1. The molecule has 0 aliphatic heterocycles. The van der Waals surface area contributed by atoms with Gasteiger partial charge in [-0.05, 0) is 28.8 Å². The quantitative estimate of drug-likeness (QED) is 0.862. The highest BCUT2D eigenvalue weighted by Crippen LogP contribution is 2.37. The molecule has 0 fully saturated rings. The Bertz CT molecular complexity index is 532. The molecular formula is C14H12F3N. The zero-order valence-corrected chi connectivity index (χ0v) is 9.54. The van der Waals surface area contributed by atoms with Crippen LogP contribution in [0.25, 0.3) is 11.1 Å². The van der Waals surface area contributed by atoms with E-state index in [0.29, 0.717) is 11.1 Å². The fraction of sp³-hybridized carbons (Fsp3) is 0.143. The Labute approximate surface area is 103 Å². The number of rotatable bonds is 2. The molecule has 0 atom stereocenters. The molecule has 94 valence electrons. The summed E-state index contributed by atoms with van der Waals surface area (Å²) in [5, 5.41) is 0. The van der Waals surface area contributed by atoms with Crippen molar-refractivity contribution in [1.29, 1.82) is 0 Å². The van der Waals surface area contributed by atoms with Gasteiger partial charge in [0.15, 0.2) is 0 Å².